The largest absolute Gasteiger partial charge is 0.465 e. The van der Waals surface area contributed by atoms with Crippen LogP contribution < -0.4 is 0 Å². The van der Waals surface area contributed by atoms with E-state index in [1.807, 2.05) is 6.92 Å². The minimum atomic E-state index is -1.15. The van der Waals surface area contributed by atoms with Crippen molar-refractivity contribution in [2.24, 2.45) is 5.41 Å². The molecule has 1 unspecified atom stereocenters. The Morgan fingerprint density at radius 2 is 1.81 bits per heavy atom. The molecule has 0 aliphatic heterocycles. The normalized spacial score (nSPS) is 13.6. The van der Waals surface area contributed by atoms with Crippen LogP contribution in [0.2, 0.25) is 0 Å². The molecule has 0 heterocycles. The van der Waals surface area contributed by atoms with E-state index in [4.69, 9.17) is 20.1 Å². The standard InChI is InChI=1S/C10H20O5S/c1-8(16)2-3-9(14)15-7-10(4-11,5-12)6-13/h8,11-13,16H,2-7H2,1H3. The Kier molecular flexibility index (Phi) is 7.74. The van der Waals surface area contributed by atoms with Crippen molar-refractivity contribution in [3.63, 3.8) is 0 Å². The number of thiol groups is 1. The topological polar surface area (TPSA) is 87.0 Å². The zero-order valence-corrected chi connectivity index (χ0v) is 10.3. The van der Waals surface area contributed by atoms with Crippen LogP contribution in [0.5, 0.6) is 0 Å². The van der Waals surface area contributed by atoms with Gasteiger partial charge in [0.1, 0.15) is 6.61 Å². The number of hydrogen-bond donors (Lipinski definition) is 4. The summed E-state index contributed by atoms with van der Waals surface area (Å²) in [5.41, 5.74) is -1.15. The molecule has 0 saturated carbocycles. The molecule has 0 aliphatic rings. The lowest BCUT2D eigenvalue weighted by molar-refractivity contribution is -0.151. The zero-order valence-electron chi connectivity index (χ0n) is 9.43. The lowest BCUT2D eigenvalue weighted by atomic mass is 9.93. The molecule has 0 amide bonds. The Bertz CT molecular complexity index is 195. The van der Waals surface area contributed by atoms with Gasteiger partial charge in [0.15, 0.2) is 0 Å². The summed E-state index contributed by atoms with van der Waals surface area (Å²) in [6.07, 6.45) is 0.843. The van der Waals surface area contributed by atoms with Gasteiger partial charge in [-0.05, 0) is 11.7 Å². The minimum absolute atomic E-state index is 0.117. The third-order valence-corrected chi connectivity index (χ3v) is 2.57. The Balaban J connectivity index is 3.97. The first-order valence-electron chi connectivity index (χ1n) is 5.16. The lowest BCUT2D eigenvalue weighted by Gasteiger charge is -2.26. The van der Waals surface area contributed by atoms with Gasteiger partial charge in [0.05, 0.1) is 25.2 Å². The van der Waals surface area contributed by atoms with Crippen LogP contribution in [-0.4, -0.2) is 53.0 Å². The van der Waals surface area contributed by atoms with Crippen molar-refractivity contribution in [1.29, 1.82) is 0 Å². The second-order valence-electron chi connectivity index (χ2n) is 4.02. The molecule has 0 bridgehead atoms. The molecule has 1 atom stereocenters. The van der Waals surface area contributed by atoms with Gasteiger partial charge in [-0.3, -0.25) is 4.79 Å². The molecule has 0 rings (SSSR count). The van der Waals surface area contributed by atoms with Gasteiger partial charge in [0, 0.05) is 6.42 Å². The van der Waals surface area contributed by atoms with Crippen LogP contribution in [0.1, 0.15) is 19.8 Å². The number of hydrogen-bond acceptors (Lipinski definition) is 6. The van der Waals surface area contributed by atoms with Gasteiger partial charge in [-0.25, -0.2) is 0 Å². The van der Waals surface area contributed by atoms with E-state index >= 15 is 0 Å². The summed E-state index contributed by atoms with van der Waals surface area (Å²) in [5, 5.41) is 27.1. The molecule has 3 N–H and O–H groups in total. The SMILES string of the molecule is CC(S)CCC(=O)OCC(CO)(CO)CO. The molecule has 0 aromatic heterocycles. The van der Waals surface area contributed by atoms with Gasteiger partial charge in [-0.15, -0.1) is 0 Å². The molecule has 0 fully saturated rings. The van der Waals surface area contributed by atoms with Crippen LogP contribution in [0.15, 0.2) is 0 Å². The second kappa shape index (κ2) is 7.89. The van der Waals surface area contributed by atoms with Gasteiger partial charge in [-0.2, -0.15) is 12.6 Å². The number of carbonyl (C=O) groups excluding carboxylic acids is 1. The number of ether oxygens (including phenoxy) is 1. The fourth-order valence-electron chi connectivity index (χ4n) is 0.919. The van der Waals surface area contributed by atoms with Crippen molar-refractivity contribution in [3.05, 3.63) is 0 Å². The van der Waals surface area contributed by atoms with Crippen molar-refractivity contribution in [1.82, 2.24) is 0 Å². The average molecular weight is 252 g/mol. The Morgan fingerprint density at radius 3 is 2.19 bits per heavy atom. The highest BCUT2D eigenvalue weighted by Crippen LogP contribution is 2.15. The van der Waals surface area contributed by atoms with Crippen LogP contribution in [0.3, 0.4) is 0 Å². The van der Waals surface area contributed by atoms with E-state index in [1.54, 1.807) is 0 Å². The molecule has 0 aromatic carbocycles. The summed E-state index contributed by atoms with van der Waals surface area (Å²) >= 11 is 4.13. The smallest absolute Gasteiger partial charge is 0.305 e. The molecule has 0 radical (unpaired) electrons. The van der Waals surface area contributed by atoms with E-state index in [0.717, 1.165) is 0 Å². The summed E-state index contributed by atoms with van der Waals surface area (Å²) < 4.78 is 4.88. The maximum atomic E-state index is 11.2. The van der Waals surface area contributed by atoms with E-state index in [1.165, 1.54) is 0 Å². The fraction of sp³-hybridized carbons (Fsp3) is 0.900. The molecule has 96 valence electrons. The van der Waals surface area contributed by atoms with E-state index in [-0.39, 0.29) is 18.3 Å². The first-order valence-corrected chi connectivity index (χ1v) is 5.67. The zero-order chi connectivity index (χ0) is 12.6. The van der Waals surface area contributed by atoms with Crippen LogP contribution in [0.4, 0.5) is 0 Å². The average Bonchev–Trinajstić information content (AvgIpc) is 2.29. The highest BCUT2D eigenvalue weighted by atomic mass is 32.1. The van der Waals surface area contributed by atoms with Gasteiger partial charge in [0.2, 0.25) is 0 Å². The van der Waals surface area contributed by atoms with Crippen molar-refractivity contribution in [2.75, 3.05) is 26.4 Å². The monoisotopic (exact) mass is 252 g/mol. The maximum absolute atomic E-state index is 11.2. The third kappa shape index (κ3) is 5.69. The van der Waals surface area contributed by atoms with Crippen LogP contribution in [0, 0.1) is 5.41 Å². The summed E-state index contributed by atoms with van der Waals surface area (Å²) in [6.45, 7) is 0.384. The Labute approximate surface area is 101 Å². The van der Waals surface area contributed by atoms with Crippen LogP contribution in [-0.2, 0) is 9.53 Å². The summed E-state index contributed by atoms with van der Waals surface area (Å²) in [5.74, 6) is -0.416. The third-order valence-electron chi connectivity index (χ3n) is 2.31. The molecule has 6 heteroatoms. The predicted octanol–water partition coefficient (Wildman–Crippen LogP) is -0.409. The second-order valence-corrected chi connectivity index (χ2v) is 4.90. The van der Waals surface area contributed by atoms with Gasteiger partial charge in [-0.1, -0.05) is 6.92 Å². The first kappa shape index (κ1) is 15.7. The maximum Gasteiger partial charge on any atom is 0.305 e. The summed E-state index contributed by atoms with van der Waals surface area (Å²) in [7, 11) is 0. The van der Waals surface area contributed by atoms with E-state index in [2.05, 4.69) is 12.6 Å². The first-order chi connectivity index (χ1) is 7.49. The fourth-order valence-corrected chi connectivity index (χ4v) is 1.05. The highest BCUT2D eigenvalue weighted by Gasteiger charge is 2.30. The van der Waals surface area contributed by atoms with Crippen molar-refractivity contribution in [3.8, 4) is 0 Å². The van der Waals surface area contributed by atoms with Gasteiger partial charge >= 0.3 is 5.97 Å². The van der Waals surface area contributed by atoms with Crippen LogP contribution >= 0.6 is 12.6 Å². The Morgan fingerprint density at radius 1 is 1.31 bits per heavy atom. The number of esters is 1. The molecule has 0 aliphatic carbocycles. The van der Waals surface area contributed by atoms with Crippen molar-refractivity contribution >= 4 is 18.6 Å². The van der Waals surface area contributed by atoms with E-state index in [0.29, 0.717) is 6.42 Å². The molecular weight excluding hydrogens is 232 g/mol. The van der Waals surface area contributed by atoms with Crippen molar-refractivity contribution in [2.45, 2.75) is 25.0 Å². The lowest BCUT2D eigenvalue weighted by Crippen LogP contribution is -2.39. The molecule has 0 saturated heterocycles. The molecule has 5 nitrogen and oxygen atoms in total. The van der Waals surface area contributed by atoms with E-state index < -0.39 is 31.2 Å². The van der Waals surface area contributed by atoms with Gasteiger partial charge in [0.25, 0.3) is 0 Å². The molecular formula is C10H20O5S. The molecule has 0 aromatic rings. The van der Waals surface area contributed by atoms with Crippen LogP contribution in [0.25, 0.3) is 0 Å². The predicted molar refractivity (Wildman–Crippen MR) is 62.3 cm³/mol. The van der Waals surface area contributed by atoms with Crippen molar-refractivity contribution < 1.29 is 24.9 Å². The molecule has 16 heavy (non-hydrogen) atoms. The van der Waals surface area contributed by atoms with Gasteiger partial charge < -0.3 is 20.1 Å². The summed E-state index contributed by atoms with van der Waals surface area (Å²) in [4.78, 5) is 11.2. The number of aliphatic hydroxyl groups is 3. The number of carbonyl (C=O) groups is 1. The number of rotatable bonds is 8. The highest BCUT2D eigenvalue weighted by molar-refractivity contribution is 7.80. The van der Waals surface area contributed by atoms with E-state index in [9.17, 15) is 4.79 Å². The minimum Gasteiger partial charge on any atom is -0.465 e. The number of aliphatic hydroxyl groups excluding tert-OH is 3. The quantitative estimate of drug-likeness (QED) is 0.348. The molecule has 0 spiro atoms. The Hall–Kier alpha value is -0.300. The summed E-state index contributed by atoms with van der Waals surface area (Å²) in [6, 6.07) is 0.